The highest BCUT2D eigenvalue weighted by Gasteiger charge is 2.25. The zero-order chi connectivity index (χ0) is 13.8. The maximum Gasteiger partial charge on any atom is 0.124 e. The molecule has 4 heteroatoms. The van der Waals surface area contributed by atoms with Crippen molar-refractivity contribution in [2.75, 3.05) is 27.9 Å². The molecule has 0 heterocycles. The molecule has 0 spiro atoms. The number of benzene rings is 1. The molecule has 0 bridgehead atoms. The van der Waals surface area contributed by atoms with Gasteiger partial charge in [-0.15, -0.1) is 0 Å². The van der Waals surface area contributed by atoms with Crippen molar-refractivity contribution in [2.24, 2.45) is 0 Å². The highest BCUT2D eigenvalue weighted by Crippen LogP contribution is 2.36. The lowest BCUT2D eigenvalue weighted by Gasteiger charge is -2.26. The molecule has 0 fully saturated rings. The predicted octanol–water partition coefficient (Wildman–Crippen LogP) is 2.12. The van der Waals surface area contributed by atoms with Crippen molar-refractivity contribution in [1.29, 1.82) is 0 Å². The highest BCUT2D eigenvalue weighted by atomic mass is 16.5. The Kier molecular flexibility index (Phi) is 4.99. The molecule has 0 aliphatic rings. The molecule has 102 valence electrons. The number of aliphatic hydroxyl groups is 1. The fourth-order valence-corrected chi connectivity index (χ4v) is 1.84. The van der Waals surface area contributed by atoms with Crippen LogP contribution < -0.4 is 9.47 Å². The molecular weight excluding hydrogens is 232 g/mol. The summed E-state index contributed by atoms with van der Waals surface area (Å²) in [6.45, 7) is 4.41. The molecule has 0 saturated carbocycles. The Morgan fingerprint density at radius 3 is 2.11 bits per heavy atom. The maximum atomic E-state index is 9.48. The smallest absolute Gasteiger partial charge is 0.124 e. The average Bonchev–Trinajstić information content (AvgIpc) is 2.38. The van der Waals surface area contributed by atoms with E-state index in [2.05, 4.69) is 0 Å². The van der Waals surface area contributed by atoms with Gasteiger partial charge >= 0.3 is 0 Å². The molecule has 0 unspecified atom stereocenters. The molecule has 0 atom stereocenters. The van der Waals surface area contributed by atoms with Gasteiger partial charge in [-0.2, -0.15) is 0 Å². The van der Waals surface area contributed by atoms with E-state index in [1.807, 2.05) is 26.0 Å². The third-order valence-corrected chi connectivity index (χ3v) is 3.03. The zero-order valence-corrected chi connectivity index (χ0v) is 11.7. The van der Waals surface area contributed by atoms with Crippen molar-refractivity contribution >= 4 is 0 Å². The minimum atomic E-state index is -0.385. The zero-order valence-electron chi connectivity index (χ0n) is 11.7. The van der Waals surface area contributed by atoms with E-state index >= 15 is 0 Å². The van der Waals surface area contributed by atoms with E-state index < -0.39 is 0 Å². The molecule has 0 aliphatic carbocycles. The van der Waals surface area contributed by atoms with Gasteiger partial charge in [-0.05, 0) is 12.1 Å². The normalized spacial score (nSPS) is 11.4. The monoisotopic (exact) mass is 254 g/mol. The van der Waals surface area contributed by atoms with Gasteiger partial charge in [0.2, 0.25) is 0 Å². The average molecular weight is 254 g/mol. The fourth-order valence-electron chi connectivity index (χ4n) is 1.84. The Morgan fingerprint density at radius 2 is 1.67 bits per heavy atom. The van der Waals surface area contributed by atoms with Gasteiger partial charge in [0.05, 0.1) is 27.4 Å². The van der Waals surface area contributed by atoms with Gasteiger partial charge in [-0.3, -0.25) is 0 Å². The van der Waals surface area contributed by atoms with Crippen molar-refractivity contribution in [3.8, 4) is 11.5 Å². The van der Waals surface area contributed by atoms with Crippen LogP contribution in [0.1, 0.15) is 25.0 Å². The molecule has 1 aromatic rings. The Hall–Kier alpha value is -1.26. The Morgan fingerprint density at radius 1 is 1.06 bits per heavy atom. The first-order chi connectivity index (χ1) is 8.50. The summed E-state index contributed by atoms with van der Waals surface area (Å²) < 4.78 is 15.9. The van der Waals surface area contributed by atoms with E-state index in [-0.39, 0.29) is 12.0 Å². The fraction of sp³-hybridized carbons (Fsp3) is 0.571. The van der Waals surface area contributed by atoms with Crippen molar-refractivity contribution in [2.45, 2.75) is 25.9 Å². The quantitative estimate of drug-likeness (QED) is 0.844. The van der Waals surface area contributed by atoms with Gasteiger partial charge in [0.15, 0.2) is 0 Å². The van der Waals surface area contributed by atoms with Crippen molar-refractivity contribution in [3.63, 3.8) is 0 Å². The van der Waals surface area contributed by atoms with Crippen LogP contribution in [0.25, 0.3) is 0 Å². The number of hydrogen-bond acceptors (Lipinski definition) is 4. The summed E-state index contributed by atoms with van der Waals surface area (Å²) in [5.41, 5.74) is 1.46. The largest absolute Gasteiger partial charge is 0.496 e. The summed E-state index contributed by atoms with van der Waals surface area (Å²) in [4.78, 5) is 0. The molecule has 0 aliphatic heterocycles. The second-order valence-corrected chi connectivity index (χ2v) is 4.84. The second kappa shape index (κ2) is 6.07. The SMILES string of the molecule is COCc1cc(OC)c(C(C)(C)CO)cc1OC. The van der Waals surface area contributed by atoms with Gasteiger partial charge in [-0.1, -0.05) is 13.8 Å². The van der Waals surface area contributed by atoms with Gasteiger partial charge in [0.1, 0.15) is 11.5 Å². The highest BCUT2D eigenvalue weighted by molar-refractivity contribution is 5.49. The summed E-state index contributed by atoms with van der Waals surface area (Å²) >= 11 is 0. The molecule has 18 heavy (non-hydrogen) atoms. The van der Waals surface area contributed by atoms with Crippen LogP contribution in [0, 0.1) is 0 Å². The van der Waals surface area contributed by atoms with Crippen LogP contribution in [0.15, 0.2) is 12.1 Å². The number of methoxy groups -OCH3 is 3. The molecule has 1 aromatic carbocycles. The third-order valence-electron chi connectivity index (χ3n) is 3.03. The lowest BCUT2D eigenvalue weighted by atomic mass is 9.84. The van der Waals surface area contributed by atoms with Crippen molar-refractivity contribution < 1.29 is 19.3 Å². The molecule has 4 nitrogen and oxygen atoms in total. The molecular formula is C14H22O4. The summed E-state index contributed by atoms with van der Waals surface area (Å²) in [6, 6.07) is 3.80. The molecule has 0 saturated heterocycles. The first-order valence-corrected chi connectivity index (χ1v) is 5.85. The topological polar surface area (TPSA) is 47.9 Å². The Labute approximate surface area is 108 Å². The minimum Gasteiger partial charge on any atom is -0.496 e. The Balaban J connectivity index is 3.34. The lowest BCUT2D eigenvalue weighted by Crippen LogP contribution is -2.23. The summed E-state index contributed by atoms with van der Waals surface area (Å²) in [6.07, 6.45) is 0. The standard InChI is InChI=1S/C14H22O4/c1-14(2,9-15)11-7-12(17-4)10(8-16-3)6-13(11)18-5/h6-7,15H,8-9H2,1-5H3. The van der Waals surface area contributed by atoms with Crippen LogP contribution in [0.4, 0.5) is 0 Å². The van der Waals surface area contributed by atoms with Gasteiger partial charge in [-0.25, -0.2) is 0 Å². The van der Waals surface area contributed by atoms with E-state index in [1.165, 1.54) is 0 Å². The summed E-state index contributed by atoms with van der Waals surface area (Å²) in [5.74, 6) is 1.48. The van der Waals surface area contributed by atoms with Crippen LogP contribution in [0.5, 0.6) is 11.5 Å². The van der Waals surface area contributed by atoms with E-state index in [9.17, 15) is 5.11 Å². The predicted molar refractivity (Wildman–Crippen MR) is 70.4 cm³/mol. The Bertz CT molecular complexity index is 399. The summed E-state index contributed by atoms with van der Waals surface area (Å²) in [7, 11) is 4.88. The second-order valence-electron chi connectivity index (χ2n) is 4.84. The molecule has 1 rings (SSSR count). The number of rotatable bonds is 6. The van der Waals surface area contributed by atoms with Crippen molar-refractivity contribution in [3.05, 3.63) is 23.3 Å². The number of ether oxygens (including phenoxy) is 3. The summed E-state index contributed by atoms with van der Waals surface area (Å²) in [5, 5.41) is 9.48. The van der Waals surface area contributed by atoms with Crippen LogP contribution in [0.2, 0.25) is 0 Å². The first-order valence-electron chi connectivity index (χ1n) is 5.85. The third kappa shape index (κ3) is 2.94. The van der Waals surface area contributed by atoms with Crippen LogP contribution >= 0.6 is 0 Å². The van der Waals surface area contributed by atoms with E-state index in [1.54, 1.807) is 21.3 Å². The van der Waals surface area contributed by atoms with E-state index in [0.717, 1.165) is 22.6 Å². The molecule has 0 amide bonds. The minimum absolute atomic E-state index is 0.0378. The van der Waals surface area contributed by atoms with Crippen LogP contribution in [0.3, 0.4) is 0 Å². The van der Waals surface area contributed by atoms with E-state index in [4.69, 9.17) is 14.2 Å². The maximum absolute atomic E-state index is 9.48. The van der Waals surface area contributed by atoms with Gasteiger partial charge in [0, 0.05) is 23.7 Å². The van der Waals surface area contributed by atoms with Crippen LogP contribution in [-0.4, -0.2) is 33.0 Å². The van der Waals surface area contributed by atoms with Crippen LogP contribution in [-0.2, 0) is 16.8 Å². The molecule has 0 radical (unpaired) electrons. The van der Waals surface area contributed by atoms with E-state index in [0.29, 0.717) is 6.61 Å². The first kappa shape index (κ1) is 14.8. The molecule has 1 N–H and O–H groups in total. The molecule has 0 aromatic heterocycles. The lowest BCUT2D eigenvalue weighted by molar-refractivity contribution is 0.180. The van der Waals surface area contributed by atoms with Gasteiger partial charge in [0.25, 0.3) is 0 Å². The van der Waals surface area contributed by atoms with Crippen molar-refractivity contribution in [1.82, 2.24) is 0 Å². The van der Waals surface area contributed by atoms with Gasteiger partial charge < -0.3 is 19.3 Å². The number of aliphatic hydroxyl groups excluding tert-OH is 1. The number of hydrogen-bond donors (Lipinski definition) is 1.